The molecule has 36 heteroatoms. The third-order valence-corrected chi connectivity index (χ3v) is 15.2. The zero-order valence-electron chi connectivity index (χ0n) is 55.2. The molecule has 11 amide bonds. The van der Waals surface area contributed by atoms with Crippen molar-refractivity contribution in [3.8, 4) is 5.75 Å². The molecule has 28 N–H and O–H groups in total. The molecular formula is C60H104N20O16. The van der Waals surface area contributed by atoms with Gasteiger partial charge in [-0.2, -0.15) is 0 Å². The molecule has 0 aliphatic carbocycles. The standard InChI is InChI=1S/C60H104N20O16/c1-33(2)26-41(72-47(84)29-63)52(89)79-45(32-82)55(92)74-39(15-10-24-69-60(66)67)50(87)76-42(28-35-17-19-36(83)20-18-35)53(90)75-40(13-6-8-22-62)57(94)80-25-11-16-46(80)56(93)70-30-48(85)71-37(14-9-23-68-59(64)65)49(86)78-44(31-81)54(91)73-38(12-5-7-21-61)51(88)77-43(58(95)96)27-34(3)4/h17-20,33-34,37-46,81-83H,5-16,21-32,61-63H2,1-4H3,(H,70,93)(H,71,85)(H,72,84)(H,73,91)(H,74,92)(H,75,90)(H,76,87)(H,77,88)(H,78,86)(H,79,89)(H,95,96)(H4,64,65,68)(H4,66,67,69)/t37-,38-,39-,40-,41-,42-,43-,44-,45-,46-/m0/s1. The number of nitrogens with zero attached hydrogens (tertiary/aromatic N) is 1. The van der Waals surface area contributed by atoms with Crippen LogP contribution in [-0.4, -0.2) is 228 Å². The maximum absolute atomic E-state index is 14.7. The first-order valence-corrected chi connectivity index (χ1v) is 32.3. The largest absolute Gasteiger partial charge is 0.508 e. The van der Waals surface area contributed by atoms with Gasteiger partial charge in [0, 0.05) is 26.1 Å². The Kier molecular flexibility index (Phi) is 38.6. The lowest BCUT2D eigenvalue weighted by molar-refractivity contribution is -0.143. The molecule has 1 fully saturated rings. The highest BCUT2D eigenvalue weighted by molar-refractivity contribution is 5.99. The van der Waals surface area contributed by atoms with E-state index in [1.165, 1.54) is 29.2 Å². The molecule has 1 heterocycles. The number of phenols is 1. The summed E-state index contributed by atoms with van der Waals surface area (Å²) in [4.78, 5) is 165. The lowest BCUT2D eigenvalue weighted by Gasteiger charge is -2.30. The van der Waals surface area contributed by atoms with Gasteiger partial charge < -0.3 is 118 Å². The maximum Gasteiger partial charge on any atom is 0.326 e. The van der Waals surface area contributed by atoms with Crippen LogP contribution in [0.15, 0.2) is 24.3 Å². The van der Waals surface area contributed by atoms with Crippen molar-refractivity contribution < 1.29 is 78.0 Å². The summed E-state index contributed by atoms with van der Waals surface area (Å²) in [5, 5.41) is 85.7. The number of hydrogen-bond donors (Lipinski definition) is 23. The number of unbranched alkanes of at least 4 members (excludes halogenated alkanes) is 2. The molecule has 0 saturated carbocycles. The summed E-state index contributed by atoms with van der Waals surface area (Å²) in [6.45, 7) is 4.52. The van der Waals surface area contributed by atoms with E-state index in [9.17, 15) is 78.0 Å². The van der Waals surface area contributed by atoms with Crippen molar-refractivity contribution in [2.45, 2.75) is 184 Å². The van der Waals surface area contributed by atoms with E-state index in [4.69, 9.17) is 39.5 Å². The Morgan fingerprint density at radius 3 is 1.36 bits per heavy atom. The summed E-state index contributed by atoms with van der Waals surface area (Å²) in [5.41, 5.74) is 28.2. The fourth-order valence-corrected chi connectivity index (χ4v) is 10.2. The van der Waals surface area contributed by atoms with Crippen LogP contribution < -0.4 is 92.5 Å². The third-order valence-electron chi connectivity index (χ3n) is 15.2. The monoisotopic (exact) mass is 1360 g/mol. The quantitative estimate of drug-likeness (QED) is 0.0164. The fraction of sp³-hybridized carbons (Fsp3) is 0.667. The smallest absolute Gasteiger partial charge is 0.326 e. The van der Waals surface area contributed by atoms with Crippen molar-refractivity contribution in [3.05, 3.63) is 29.8 Å². The van der Waals surface area contributed by atoms with Gasteiger partial charge in [-0.3, -0.25) is 63.6 Å². The van der Waals surface area contributed by atoms with E-state index in [0.717, 1.165) is 0 Å². The molecule has 1 aliphatic rings. The minimum absolute atomic E-state index is 0.0144. The normalized spacial score (nSPS) is 15.5. The third kappa shape index (κ3) is 31.5. The molecule has 1 aliphatic heterocycles. The predicted molar refractivity (Wildman–Crippen MR) is 351 cm³/mol. The number of carboxylic acid groups (broad SMARTS) is 1. The number of rotatable bonds is 46. The van der Waals surface area contributed by atoms with Gasteiger partial charge in [0.05, 0.1) is 26.3 Å². The lowest BCUT2D eigenvalue weighted by atomic mass is 10.0. The topological polar surface area (TPSA) is 611 Å². The van der Waals surface area contributed by atoms with Crippen molar-refractivity contribution in [2.75, 3.05) is 59.0 Å². The Balaban J connectivity index is 2.43. The van der Waals surface area contributed by atoms with E-state index in [0.29, 0.717) is 37.7 Å². The highest BCUT2D eigenvalue weighted by Crippen LogP contribution is 2.21. The van der Waals surface area contributed by atoms with E-state index in [1.807, 2.05) is 0 Å². The zero-order chi connectivity index (χ0) is 72.0. The number of carbonyl (C=O) groups excluding carboxylic acids is 11. The molecule has 36 nitrogen and oxygen atoms in total. The number of aliphatic hydroxyl groups excluding tert-OH is 2. The summed E-state index contributed by atoms with van der Waals surface area (Å²) in [7, 11) is 0. The summed E-state index contributed by atoms with van der Waals surface area (Å²) >= 11 is 0. The SMILES string of the molecule is CC(C)C[C@H](NC(=O)[C@H](CCCCN)NC(=O)[C@H](CO)NC(=O)[C@H](CCCNC(=N)N)NC(=O)CNC(=O)[C@@H]1CCCN1C(=O)[C@H](CCCCN)NC(=O)[C@H](Cc1ccc(O)cc1)NC(=O)[C@H](CCCNC(=N)N)NC(=O)[C@H](CO)NC(=O)[C@H](CC(C)C)NC(=O)CN)C(=O)O. The predicted octanol–water partition coefficient (Wildman–Crippen LogP) is -6.69. The Labute approximate surface area is 558 Å². The Bertz CT molecular complexity index is 2740. The average molecular weight is 1360 g/mol. The molecule has 1 saturated heterocycles. The van der Waals surface area contributed by atoms with E-state index < -0.39 is 170 Å². The van der Waals surface area contributed by atoms with Crippen molar-refractivity contribution in [2.24, 2.45) is 40.5 Å². The number of benzene rings is 1. The van der Waals surface area contributed by atoms with Gasteiger partial charge in [-0.15, -0.1) is 0 Å². The number of aliphatic hydroxyl groups is 2. The molecule has 2 rings (SSSR count). The van der Waals surface area contributed by atoms with Gasteiger partial charge in [0.2, 0.25) is 65.0 Å². The van der Waals surface area contributed by atoms with Crippen LogP contribution in [0.25, 0.3) is 0 Å². The van der Waals surface area contributed by atoms with Crippen LogP contribution in [0.5, 0.6) is 5.75 Å². The van der Waals surface area contributed by atoms with E-state index >= 15 is 0 Å². The number of aliphatic carboxylic acids is 1. The highest BCUT2D eigenvalue weighted by Gasteiger charge is 2.40. The fourth-order valence-electron chi connectivity index (χ4n) is 10.2. The van der Waals surface area contributed by atoms with Crippen LogP contribution in [0.3, 0.4) is 0 Å². The van der Waals surface area contributed by atoms with Gasteiger partial charge in [-0.25, -0.2) is 4.79 Å². The number of likely N-dealkylation sites (tertiary alicyclic amines) is 1. The van der Waals surface area contributed by atoms with Gasteiger partial charge in [-0.05, 0) is 133 Å². The number of phenolic OH excluding ortho intramolecular Hbond substituents is 1. The minimum atomic E-state index is -1.70. The Hall–Kier alpha value is -9.00. The summed E-state index contributed by atoms with van der Waals surface area (Å²) < 4.78 is 0. The van der Waals surface area contributed by atoms with Gasteiger partial charge in [0.15, 0.2) is 11.9 Å². The number of hydrogen-bond acceptors (Lipinski definition) is 20. The summed E-state index contributed by atoms with van der Waals surface area (Å²) in [5.74, 6) is -12.1. The first kappa shape index (κ1) is 83.1. The van der Waals surface area contributed by atoms with Crippen LogP contribution in [-0.2, 0) is 64.0 Å². The van der Waals surface area contributed by atoms with Crippen molar-refractivity contribution in [1.29, 1.82) is 10.8 Å². The van der Waals surface area contributed by atoms with Crippen LogP contribution in [0.4, 0.5) is 0 Å². The van der Waals surface area contributed by atoms with E-state index in [1.54, 1.807) is 27.7 Å². The van der Waals surface area contributed by atoms with Gasteiger partial charge >= 0.3 is 5.97 Å². The number of nitrogens with one attached hydrogen (secondary N) is 14. The molecule has 96 heavy (non-hydrogen) atoms. The van der Waals surface area contributed by atoms with Crippen molar-refractivity contribution in [1.82, 2.24) is 68.7 Å². The van der Waals surface area contributed by atoms with E-state index in [-0.39, 0.29) is 115 Å². The molecule has 1 aromatic carbocycles. The molecule has 540 valence electrons. The molecule has 0 bridgehead atoms. The van der Waals surface area contributed by atoms with Crippen LogP contribution in [0, 0.1) is 22.7 Å². The molecular weight excluding hydrogens is 1260 g/mol. The second kappa shape index (κ2) is 44.6. The second-order valence-electron chi connectivity index (χ2n) is 24.1. The van der Waals surface area contributed by atoms with Crippen LogP contribution in [0.1, 0.15) is 123 Å². The maximum atomic E-state index is 14.7. The van der Waals surface area contributed by atoms with Crippen LogP contribution in [0.2, 0.25) is 0 Å². The lowest BCUT2D eigenvalue weighted by Crippen LogP contribution is -2.60. The summed E-state index contributed by atoms with van der Waals surface area (Å²) in [6, 6.07) is -8.48. The second-order valence-corrected chi connectivity index (χ2v) is 24.1. The first-order valence-electron chi connectivity index (χ1n) is 32.3. The number of guanidine groups is 2. The minimum Gasteiger partial charge on any atom is -0.508 e. The number of carbonyl (C=O) groups is 12. The van der Waals surface area contributed by atoms with Gasteiger partial charge in [-0.1, -0.05) is 39.8 Å². The van der Waals surface area contributed by atoms with Gasteiger partial charge in [0.25, 0.3) is 0 Å². The molecule has 1 aromatic rings. The average Bonchev–Trinajstić information content (AvgIpc) is 1.90. The zero-order valence-corrected chi connectivity index (χ0v) is 55.2. The Morgan fingerprint density at radius 2 is 0.906 bits per heavy atom. The Morgan fingerprint density at radius 1 is 0.510 bits per heavy atom. The molecule has 0 radical (unpaired) electrons. The molecule has 0 spiro atoms. The highest BCUT2D eigenvalue weighted by atomic mass is 16.4. The molecule has 0 unspecified atom stereocenters. The number of carboxylic acids is 1. The first-order chi connectivity index (χ1) is 45.5. The van der Waals surface area contributed by atoms with E-state index in [2.05, 4.69) is 63.8 Å². The van der Waals surface area contributed by atoms with Crippen molar-refractivity contribution in [3.63, 3.8) is 0 Å². The summed E-state index contributed by atoms with van der Waals surface area (Å²) in [6.07, 6.45) is 1.72. The molecule has 10 atom stereocenters. The number of amides is 11. The van der Waals surface area contributed by atoms with Crippen molar-refractivity contribution >= 4 is 82.9 Å². The molecule has 0 aromatic heterocycles. The number of aromatic hydroxyl groups is 1. The number of nitrogens with two attached hydrogens (primary N) is 5. The van der Waals surface area contributed by atoms with Crippen LogP contribution >= 0.6 is 0 Å². The van der Waals surface area contributed by atoms with Gasteiger partial charge in [0.1, 0.15) is 66.2 Å².